The van der Waals surface area contributed by atoms with Gasteiger partial charge in [-0.3, -0.25) is 0 Å². The Morgan fingerprint density at radius 2 is 2.06 bits per heavy atom. The average Bonchev–Trinajstić information content (AvgIpc) is 2.30. The second kappa shape index (κ2) is 5.97. The van der Waals surface area contributed by atoms with E-state index in [4.69, 9.17) is 5.73 Å². The molecule has 0 radical (unpaired) electrons. The van der Waals surface area contributed by atoms with E-state index in [0.717, 1.165) is 12.1 Å². The zero-order valence-electron chi connectivity index (χ0n) is 9.60. The van der Waals surface area contributed by atoms with Crippen LogP contribution in [0.15, 0.2) is 30.9 Å². The predicted octanol–water partition coefficient (Wildman–Crippen LogP) is 2.62. The highest BCUT2D eigenvalue weighted by molar-refractivity contribution is 5.29. The van der Waals surface area contributed by atoms with E-state index in [1.54, 1.807) is 6.08 Å². The lowest BCUT2D eigenvalue weighted by atomic mass is 10.0. The second-order valence-electron chi connectivity index (χ2n) is 3.72. The van der Waals surface area contributed by atoms with Gasteiger partial charge in [0.1, 0.15) is 5.82 Å². The molecular weight excluding hydrogens is 248 g/mol. The molecule has 2 nitrogen and oxygen atoms in total. The van der Waals surface area contributed by atoms with Crippen LogP contribution in [-0.4, -0.2) is 13.1 Å². The number of benzene rings is 1. The van der Waals surface area contributed by atoms with Gasteiger partial charge in [0.25, 0.3) is 0 Å². The quantitative estimate of drug-likeness (QED) is 0.632. The van der Waals surface area contributed by atoms with E-state index in [0.29, 0.717) is 12.1 Å². The first-order chi connectivity index (χ1) is 8.40. The lowest BCUT2D eigenvalue weighted by Crippen LogP contribution is -2.28. The Balaban J connectivity index is 3.06. The molecule has 100 valence electrons. The van der Waals surface area contributed by atoms with Gasteiger partial charge in [0.05, 0.1) is 5.56 Å². The summed E-state index contributed by atoms with van der Waals surface area (Å²) in [6.45, 7) is 4.00. The van der Waals surface area contributed by atoms with Gasteiger partial charge in [-0.05, 0) is 17.7 Å². The van der Waals surface area contributed by atoms with Crippen LogP contribution in [0, 0.1) is 5.82 Å². The molecule has 0 saturated carbocycles. The summed E-state index contributed by atoms with van der Waals surface area (Å²) in [4.78, 5) is 0. The Kier molecular flexibility index (Phi) is 4.86. The first-order valence-electron chi connectivity index (χ1n) is 5.31. The lowest BCUT2D eigenvalue weighted by Gasteiger charge is -2.18. The van der Waals surface area contributed by atoms with Gasteiger partial charge in [-0.1, -0.05) is 12.1 Å². The van der Waals surface area contributed by atoms with Crippen LogP contribution in [-0.2, 0) is 6.18 Å². The molecule has 0 aliphatic rings. The van der Waals surface area contributed by atoms with Crippen LogP contribution in [0.1, 0.15) is 17.2 Å². The summed E-state index contributed by atoms with van der Waals surface area (Å²) < 4.78 is 50.7. The first kappa shape index (κ1) is 14.7. The minimum atomic E-state index is -4.71. The van der Waals surface area contributed by atoms with Gasteiger partial charge >= 0.3 is 6.18 Å². The van der Waals surface area contributed by atoms with Crippen molar-refractivity contribution in [2.24, 2.45) is 5.73 Å². The van der Waals surface area contributed by atoms with Gasteiger partial charge in [-0.25, -0.2) is 4.39 Å². The Morgan fingerprint density at radius 1 is 1.39 bits per heavy atom. The van der Waals surface area contributed by atoms with Crippen molar-refractivity contribution in [1.82, 2.24) is 5.32 Å². The number of alkyl halides is 3. The molecule has 0 saturated heterocycles. The molecule has 1 atom stereocenters. The van der Waals surface area contributed by atoms with Crippen molar-refractivity contribution in [3.8, 4) is 0 Å². The topological polar surface area (TPSA) is 38.0 Å². The van der Waals surface area contributed by atoms with Gasteiger partial charge in [0.15, 0.2) is 0 Å². The molecule has 1 aromatic rings. The van der Waals surface area contributed by atoms with E-state index in [1.807, 2.05) is 0 Å². The molecule has 0 aromatic heterocycles. The molecule has 1 aromatic carbocycles. The fraction of sp³-hybridized carbons (Fsp3) is 0.333. The standard InChI is InChI=1S/C12H14F4N2/c1-2-5-18-11(7-17)8-3-4-10(13)9(6-8)12(14,15)16/h2-4,6,11,18H,1,5,7,17H2. The molecule has 0 aliphatic carbocycles. The second-order valence-corrected chi connectivity index (χ2v) is 3.72. The lowest BCUT2D eigenvalue weighted by molar-refractivity contribution is -0.140. The fourth-order valence-corrected chi connectivity index (χ4v) is 1.54. The zero-order valence-corrected chi connectivity index (χ0v) is 9.60. The molecule has 1 unspecified atom stereocenters. The third-order valence-corrected chi connectivity index (χ3v) is 2.44. The Labute approximate surface area is 102 Å². The van der Waals surface area contributed by atoms with Crippen molar-refractivity contribution in [2.75, 3.05) is 13.1 Å². The van der Waals surface area contributed by atoms with E-state index in [2.05, 4.69) is 11.9 Å². The van der Waals surface area contributed by atoms with E-state index in [1.165, 1.54) is 6.07 Å². The summed E-state index contributed by atoms with van der Waals surface area (Å²) in [5.74, 6) is -1.29. The van der Waals surface area contributed by atoms with Crippen molar-refractivity contribution in [3.05, 3.63) is 47.8 Å². The molecule has 0 fully saturated rings. The molecule has 18 heavy (non-hydrogen) atoms. The van der Waals surface area contributed by atoms with Crippen molar-refractivity contribution < 1.29 is 17.6 Å². The van der Waals surface area contributed by atoms with Crippen LogP contribution in [0.25, 0.3) is 0 Å². The fourth-order valence-electron chi connectivity index (χ4n) is 1.54. The monoisotopic (exact) mass is 262 g/mol. The SMILES string of the molecule is C=CCNC(CN)c1ccc(F)c(C(F)(F)F)c1. The maximum atomic E-state index is 13.1. The molecule has 0 bridgehead atoms. The smallest absolute Gasteiger partial charge is 0.329 e. The minimum Gasteiger partial charge on any atom is -0.329 e. The molecule has 0 spiro atoms. The summed E-state index contributed by atoms with van der Waals surface area (Å²) in [7, 11) is 0. The molecular formula is C12H14F4N2. The maximum Gasteiger partial charge on any atom is 0.419 e. The number of rotatable bonds is 5. The summed E-state index contributed by atoms with van der Waals surface area (Å²) in [6.07, 6.45) is -3.14. The average molecular weight is 262 g/mol. The highest BCUT2D eigenvalue weighted by atomic mass is 19.4. The van der Waals surface area contributed by atoms with Crippen LogP contribution in [0.3, 0.4) is 0 Å². The van der Waals surface area contributed by atoms with Gasteiger partial charge in [-0.15, -0.1) is 6.58 Å². The Bertz CT molecular complexity index is 415. The normalized spacial score (nSPS) is 13.4. The number of nitrogens with one attached hydrogen (secondary N) is 1. The number of halogens is 4. The van der Waals surface area contributed by atoms with Gasteiger partial charge in [-0.2, -0.15) is 13.2 Å². The molecule has 0 heterocycles. The third kappa shape index (κ3) is 3.54. The van der Waals surface area contributed by atoms with E-state index in [9.17, 15) is 17.6 Å². The Morgan fingerprint density at radius 3 is 2.56 bits per heavy atom. The van der Waals surface area contributed by atoms with Gasteiger partial charge in [0, 0.05) is 19.1 Å². The van der Waals surface area contributed by atoms with Crippen LogP contribution in [0.2, 0.25) is 0 Å². The van der Waals surface area contributed by atoms with Crippen molar-refractivity contribution in [2.45, 2.75) is 12.2 Å². The zero-order chi connectivity index (χ0) is 13.8. The molecule has 3 N–H and O–H groups in total. The molecule has 0 amide bonds. The van der Waals surface area contributed by atoms with E-state index >= 15 is 0 Å². The van der Waals surface area contributed by atoms with E-state index in [-0.39, 0.29) is 6.54 Å². The Hall–Kier alpha value is -1.40. The van der Waals surface area contributed by atoms with Crippen LogP contribution < -0.4 is 11.1 Å². The first-order valence-corrected chi connectivity index (χ1v) is 5.31. The highest BCUT2D eigenvalue weighted by Crippen LogP contribution is 2.32. The van der Waals surface area contributed by atoms with Crippen LogP contribution in [0.4, 0.5) is 17.6 Å². The third-order valence-electron chi connectivity index (χ3n) is 2.44. The van der Waals surface area contributed by atoms with Crippen molar-refractivity contribution >= 4 is 0 Å². The summed E-state index contributed by atoms with van der Waals surface area (Å²) >= 11 is 0. The molecule has 0 aliphatic heterocycles. The van der Waals surface area contributed by atoms with Gasteiger partial charge in [0.2, 0.25) is 0 Å². The predicted molar refractivity (Wildman–Crippen MR) is 61.4 cm³/mol. The maximum absolute atomic E-state index is 13.1. The van der Waals surface area contributed by atoms with Crippen LogP contribution in [0.5, 0.6) is 0 Å². The van der Waals surface area contributed by atoms with Gasteiger partial charge < -0.3 is 11.1 Å². The number of hydrogen-bond donors (Lipinski definition) is 2. The molecule has 1 rings (SSSR count). The summed E-state index contributed by atoms with van der Waals surface area (Å²) in [5.41, 5.74) is 4.49. The van der Waals surface area contributed by atoms with Crippen molar-refractivity contribution in [3.63, 3.8) is 0 Å². The summed E-state index contributed by atoms with van der Waals surface area (Å²) in [5, 5.41) is 2.90. The number of hydrogen-bond acceptors (Lipinski definition) is 2. The largest absolute Gasteiger partial charge is 0.419 e. The minimum absolute atomic E-state index is 0.108. The highest BCUT2D eigenvalue weighted by Gasteiger charge is 2.34. The summed E-state index contributed by atoms with van der Waals surface area (Å²) in [6, 6.07) is 2.40. The van der Waals surface area contributed by atoms with Crippen LogP contribution >= 0.6 is 0 Å². The van der Waals surface area contributed by atoms with E-state index < -0.39 is 23.6 Å². The van der Waals surface area contributed by atoms with Crippen molar-refractivity contribution in [1.29, 1.82) is 0 Å². The molecule has 6 heteroatoms. The number of nitrogens with two attached hydrogens (primary N) is 1.